The summed E-state index contributed by atoms with van der Waals surface area (Å²) < 4.78 is 56.6. The maximum absolute atomic E-state index is 13.3. The summed E-state index contributed by atoms with van der Waals surface area (Å²) in [5.74, 6) is -0.616. The largest absolute Gasteiger partial charge is 0.472 e. The monoisotopic (exact) mass is 630 g/mol. The molecule has 0 radical (unpaired) electrons. The first-order valence-corrected chi connectivity index (χ1v) is 16.9. The predicted octanol–water partition coefficient (Wildman–Crippen LogP) is 1.87. The molecule has 2 aliphatic heterocycles. The van der Waals surface area contributed by atoms with Crippen molar-refractivity contribution in [3.05, 3.63) is 35.3 Å². The lowest BCUT2D eigenvalue weighted by atomic mass is 10.0. The topological polar surface area (TPSA) is 228 Å². The third kappa shape index (κ3) is 6.07. The number of aromatic nitrogens is 6. The Morgan fingerprint density at radius 2 is 2.02 bits per heavy atom. The normalized spacial score (nSPS) is 38.1. The Morgan fingerprint density at radius 1 is 1.20 bits per heavy atom. The van der Waals surface area contributed by atoms with Gasteiger partial charge in [0, 0.05) is 24.1 Å². The van der Waals surface area contributed by atoms with Crippen LogP contribution < -0.4 is 16.6 Å². The van der Waals surface area contributed by atoms with E-state index in [0.717, 1.165) is 0 Å². The van der Waals surface area contributed by atoms with Gasteiger partial charge in [-0.1, -0.05) is 19.2 Å². The van der Waals surface area contributed by atoms with Crippen LogP contribution in [0.3, 0.4) is 0 Å². The molecule has 41 heavy (non-hydrogen) atoms. The summed E-state index contributed by atoms with van der Waals surface area (Å²) in [7, 11) is -4.67. The van der Waals surface area contributed by atoms with E-state index in [0.29, 0.717) is 18.7 Å². The molecule has 0 aromatic carbocycles. The number of fused-ring (bicyclic) bond motifs is 4. The van der Waals surface area contributed by atoms with Crippen LogP contribution in [0.5, 0.6) is 0 Å². The third-order valence-electron chi connectivity index (χ3n) is 7.37. The Bertz CT molecular complexity index is 1580. The first-order valence-electron chi connectivity index (χ1n) is 12.7. The Balaban J connectivity index is 1.28. The van der Waals surface area contributed by atoms with Crippen molar-refractivity contribution in [3.63, 3.8) is 0 Å². The van der Waals surface area contributed by atoms with Gasteiger partial charge in [-0.2, -0.15) is 4.98 Å². The number of hydrogen-bond donors (Lipinski definition) is 5. The van der Waals surface area contributed by atoms with Crippen LogP contribution in [0.25, 0.3) is 11.2 Å². The number of nitrogens with two attached hydrogens (primary N) is 1. The number of rotatable bonds is 3. The van der Waals surface area contributed by atoms with Crippen molar-refractivity contribution in [3.8, 4) is 0 Å². The van der Waals surface area contributed by atoms with Crippen molar-refractivity contribution in [2.24, 2.45) is 11.8 Å². The van der Waals surface area contributed by atoms with Crippen LogP contribution in [0.4, 0.5) is 11.8 Å². The SMILES string of the molecule is C[C@H]1[C@H]2OP(=O)(O)OC[C@H]3C[C@@H](Nc4ccncn4)C[C@@H]3OP(=O)(S)OC[C@H]1O[C@H]2n1cnc2c(=O)[nH]c(N)nc21. The number of phosphoric ester groups is 1. The molecule has 9 atom stereocenters. The van der Waals surface area contributed by atoms with Crippen molar-refractivity contribution < 1.29 is 36.9 Å². The highest BCUT2D eigenvalue weighted by molar-refractivity contribution is 8.44. The van der Waals surface area contributed by atoms with Gasteiger partial charge in [0.15, 0.2) is 17.4 Å². The summed E-state index contributed by atoms with van der Waals surface area (Å²) in [5, 5.41) is 3.25. The minimum atomic E-state index is -4.67. The first kappa shape index (κ1) is 28.7. The van der Waals surface area contributed by atoms with E-state index in [9.17, 15) is 18.8 Å². The van der Waals surface area contributed by atoms with Crippen LogP contribution in [0.2, 0.25) is 0 Å². The fourth-order valence-electron chi connectivity index (χ4n) is 5.38. The van der Waals surface area contributed by atoms with Crippen molar-refractivity contribution in [1.29, 1.82) is 0 Å². The molecule has 1 saturated carbocycles. The highest BCUT2D eigenvalue weighted by atomic mass is 32.7. The number of ether oxygens (including phenoxy) is 1. The highest BCUT2D eigenvalue weighted by Crippen LogP contribution is 2.58. The summed E-state index contributed by atoms with van der Waals surface area (Å²) in [6.45, 7) is -2.69. The fraction of sp³-hybridized carbons (Fsp3) is 0.571. The van der Waals surface area contributed by atoms with E-state index in [2.05, 4.69) is 42.5 Å². The zero-order chi connectivity index (χ0) is 28.9. The molecular weight excluding hydrogens is 602 g/mol. The van der Waals surface area contributed by atoms with Gasteiger partial charge in [0.05, 0.1) is 31.7 Å². The van der Waals surface area contributed by atoms with E-state index in [1.54, 1.807) is 19.2 Å². The van der Waals surface area contributed by atoms with Gasteiger partial charge < -0.3 is 20.7 Å². The van der Waals surface area contributed by atoms with Crippen molar-refractivity contribution >= 4 is 49.8 Å². The Labute approximate surface area is 237 Å². The number of aromatic amines is 1. The van der Waals surface area contributed by atoms with Gasteiger partial charge in [-0.3, -0.25) is 32.4 Å². The number of hydrogen-bond acceptors (Lipinski definition) is 14. The number of H-pyrrole nitrogens is 1. The quantitative estimate of drug-likeness (QED) is 0.206. The predicted molar refractivity (Wildman–Crippen MR) is 146 cm³/mol. The van der Waals surface area contributed by atoms with E-state index >= 15 is 0 Å². The number of imidazole rings is 1. The molecule has 6 rings (SSSR count). The van der Waals surface area contributed by atoms with E-state index in [-0.39, 0.29) is 36.4 Å². The second kappa shape index (κ2) is 11.0. The lowest BCUT2D eigenvalue weighted by Gasteiger charge is -2.26. The zero-order valence-corrected chi connectivity index (χ0v) is 24.2. The number of nitrogen functional groups attached to an aromatic ring is 1. The van der Waals surface area contributed by atoms with Gasteiger partial charge in [-0.05, 0) is 18.9 Å². The van der Waals surface area contributed by atoms with Crippen molar-refractivity contribution in [2.45, 2.75) is 50.3 Å². The number of thiol groups is 1. The van der Waals surface area contributed by atoms with Crippen LogP contribution in [0.1, 0.15) is 26.0 Å². The average molecular weight is 631 g/mol. The van der Waals surface area contributed by atoms with Crippen LogP contribution in [0.15, 0.2) is 29.7 Å². The van der Waals surface area contributed by atoms with Crippen molar-refractivity contribution in [2.75, 3.05) is 24.3 Å². The summed E-state index contributed by atoms with van der Waals surface area (Å²) in [6, 6.07) is 1.52. The smallest absolute Gasteiger partial charge is 0.369 e. The van der Waals surface area contributed by atoms with E-state index in [4.69, 9.17) is 28.6 Å². The van der Waals surface area contributed by atoms with E-state index in [1.807, 2.05) is 0 Å². The lowest BCUT2D eigenvalue weighted by Crippen LogP contribution is -2.28. The number of phosphoric acid groups is 1. The van der Waals surface area contributed by atoms with Gasteiger partial charge in [-0.15, -0.1) is 0 Å². The Morgan fingerprint density at radius 3 is 2.80 bits per heavy atom. The average Bonchev–Trinajstić information content (AvgIpc) is 3.57. The van der Waals surface area contributed by atoms with Gasteiger partial charge in [0.1, 0.15) is 18.2 Å². The molecule has 222 valence electrons. The third-order valence-corrected chi connectivity index (χ3v) is 9.99. The molecule has 3 aromatic heterocycles. The van der Waals surface area contributed by atoms with E-state index < -0.39 is 56.6 Å². The second-order valence-corrected chi connectivity index (χ2v) is 14.4. The highest BCUT2D eigenvalue weighted by Gasteiger charge is 2.50. The van der Waals surface area contributed by atoms with Crippen LogP contribution in [-0.4, -0.2) is 71.9 Å². The van der Waals surface area contributed by atoms with Crippen molar-refractivity contribution in [1.82, 2.24) is 29.5 Å². The van der Waals surface area contributed by atoms with Gasteiger partial charge in [0.2, 0.25) is 5.95 Å². The molecule has 2 bridgehead atoms. The molecule has 3 fully saturated rings. The summed E-state index contributed by atoms with van der Waals surface area (Å²) >= 11 is 4.19. The number of nitrogens with zero attached hydrogens (tertiary/aromatic N) is 5. The van der Waals surface area contributed by atoms with Crippen LogP contribution in [0, 0.1) is 11.8 Å². The van der Waals surface area contributed by atoms with Crippen LogP contribution in [-0.2, 0) is 32.0 Å². The number of nitrogens with one attached hydrogen (secondary N) is 2. The molecule has 3 aromatic rings. The molecule has 0 spiro atoms. The molecule has 1 aliphatic carbocycles. The van der Waals surface area contributed by atoms with E-state index in [1.165, 1.54) is 17.2 Å². The Hall–Kier alpha value is -2.40. The molecule has 2 saturated heterocycles. The zero-order valence-electron chi connectivity index (χ0n) is 21.5. The molecule has 5 heterocycles. The molecular formula is C21H28N8O9P2S. The summed E-state index contributed by atoms with van der Waals surface area (Å²) in [6.07, 6.45) is 1.46. The minimum Gasteiger partial charge on any atom is -0.369 e. The summed E-state index contributed by atoms with van der Waals surface area (Å²) in [4.78, 5) is 41.7. The van der Waals surface area contributed by atoms with Gasteiger partial charge in [0.25, 0.3) is 5.56 Å². The fourth-order valence-corrected chi connectivity index (χ4v) is 7.99. The van der Waals surface area contributed by atoms with Gasteiger partial charge in [-0.25, -0.2) is 24.1 Å². The molecule has 3 aliphatic rings. The molecule has 20 heteroatoms. The maximum atomic E-state index is 13.3. The maximum Gasteiger partial charge on any atom is 0.472 e. The number of anilines is 2. The Kier molecular flexibility index (Phi) is 7.72. The second-order valence-electron chi connectivity index (χ2n) is 10.1. The van der Waals surface area contributed by atoms with Gasteiger partial charge >= 0.3 is 14.6 Å². The molecule has 0 amide bonds. The molecule has 5 N–H and O–H groups in total. The molecule has 2 unspecified atom stereocenters. The molecule has 17 nitrogen and oxygen atoms in total. The van der Waals surface area contributed by atoms with Crippen LogP contribution >= 0.6 is 26.9 Å². The standard InChI is InChI=1S/C21H28N8O9P2S/c1-10-14-7-35-40(33,41)37-13-5-12(26-15-2-3-23-8-24-15)4-11(13)6-34-39(31,32)38-17(10)20(36-14)29-9-25-16-18(29)27-21(22)28-19(16)30/h2-3,8-14,17,20H,4-7H2,1H3,(H,31,32)(H,33,41)(H,23,24,26)(H3,22,27,28,30)/t10-,11-,12-,13+,14-,17-,20-,40?/m1/s1. The lowest BCUT2D eigenvalue weighted by molar-refractivity contribution is -0.0509. The first-order chi connectivity index (χ1) is 19.5. The minimum absolute atomic E-state index is 0.0163. The summed E-state index contributed by atoms with van der Waals surface area (Å²) in [5.41, 5.74) is 5.22.